The van der Waals surface area contributed by atoms with E-state index in [9.17, 15) is 4.79 Å². The maximum absolute atomic E-state index is 12.7. The summed E-state index contributed by atoms with van der Waals surface area (Å²) in [7, 11) is 0. The molecule has 0 aliphatic carbocycles. The number of aromatic nitrogens is 2. The summed E-state index contributed by atoms with van der Waals surface area (Å²) in [6, 6.07) is 3.82. The highest BCUT2D eigenvalue weighted by Crippen LogP contribution is 2.27. The van der Waals surface area contributed by atoms with Crippen molar-refractivity contribution in [3.63, 3.8) is 0 Å². The minimum atomic E-state index is 0.0269. The molecule has 4 rings (SSSR count). The topological polar surface area (TPSA) is 59.2 Å². The Morgan fingerprint density at radius 2 is 2.12 bits per heavy atom. The van der Waals surface area contributed by atoms with Crippen molar-refractivity contribution in [2.45, 2.75) is 19.8 Å². The maximum atomic E-state index is 12.7. The van der Waals surface area contributed by atoms with Crippen LogP contribution in [0.2, 0.25) is 0 Å². The van der Waals surface area contributed by atoms with Gasteiger partial charge in [-0.05, 0) is 30.9 Å². The number of carbonyl (C=O) groups excluding carboxylic acids is 1. The van der Waals surface area contributed by atoms with Crippen LogP contribution < -0.4 is 0 Å². The Kier molecular flexibility index (Phi) is 3.90. The zero-order valence-corrected chi connectivity index (χ0v) is 14.2. The molecule has 0 saturated carbocycles. The van der Waals surface area contributed by atoms with Crippen LogP contribution in [0.15, 0.2) is 39.9 Å². The van der Waals surface area contributed by atoms with Gasteiger partial charge in [-0.15, -0.1) is 0 Å². The zero-order valence-electron chi connectivity index (χ0n) is 13.4. The fourth-order valence-electron chi connectivity index (χ4n) is 3.15. The first-order valence-electron chi connectivity index (χ1n) is 7.92. The number of amides is 1. The van der Waals surface area contributed by atoms with Crippen LogP contribution in [-0.4, -0.2) is 33.9 Å². The lowest BCUT2D eigenvalue weighted by Gasteiger charge is -2.19. The smallest absolute Gasteiger partial charge is 0.257 e. The molecule has 0 saturated heterocycles. The Hall–Kier alpha value is -2.47. The molecule has 5 nitrogen and oxygen atoms in total. The Morgan fingerprint density at radius 3 is 2.88 bits per heavy atom. The van der Waals surface area contributed by atoms with Gasteiger partial charge in [0.15, 0.2) is 0 Å². The van der Waals surface area contributed by atoms with Crippen molar-refractivity contribution >= 4 is 17.2 Å². The van der Waals surface area contributed by atoms with Gasteiger partial charge in [-0.1, -0.05) is 0 Å². The second-order valence-electron chi connectivity index (χ2n) is 5.84. The molecule has 0 atom stereocenters. The molecule has 122 valence electrons. The molecule has 0 unspecified atom stereocenters. The molecule has 0 aromatic carbocycles. The number of hydrogen-bond acceptors (Lipinski definition) is 5. The third-order valence-corrected chi connectivity index (χ3v) is 5.14. The van der Waals surface area contributed by atoms with Crippen LogP contribution in [0.3, 0.4) is 0 Å². The van der Waals surface area contributed by atoms with Crippen LogP contribution in [0.4, 0.5) is 0 Å². The second-order valence-corrected chi connectivity index (χ2v) is 6.62. The third kappa shape index (κ3) is 2.63. The number of aryl methyl sites for hydroxylation is 1. The number of nitrogens with zero attached hydrogens (tertiary/aromatic N) is 3. The van der Waals surface area contributed by atoms with Crippen LogP contribution in [0.5, 0.6) is 0 Å². The van der Waals surface area contributed by atoms with Gasteiger partial charge in [-0.25, -0.2) is 9.97 Å². The zero-order chi connectivity index (χ0) is 16.5. The normalized spacial score (nSPS) is 14.3. The molecule has 0 fully saturated rings. The van der Waals surface area contributed by atoms with Gasteiger partial charge in [0.25, 0.3) is 5.91 Å². The molecular formula is C18H17N3O2S. The first-order chi connectivity index (χ1) is 11.7. The second kappa shape index (κ2) is 6.20. The number of furan rings is 1. The highest BCUT2D eigenvalue weighted by atomic mass is 32.1. The Balaban J connectivity index is 1.62. The molecule has 4 heterocycles. The van der Waals surface area contributed by atoms with Crippen LogP contribution in [0.1, 0.15) is 27.4 Å². The molecular weight excluding hydrogens is 322 g/mol. The molecule has 24 heavy (non-hydrogen) atoms. The van der Waals surface area contributed by atoms with Gasteiger partial charge >= 0.3 is 0 Å². The van der Waals surface area contributed by atoms with Gasteiger partial charge in [-0.2, -0.15) is 11.3 Å². The summed E-state index contributed by atoms with van der Waals surface area (Å²) in [6.07, 6.45) is 4.71. The van der Waals surface area contributed by atoms with E-state index in [4.69, 9.17) is 4.42 Å². The van der Waals surface area contributed by atoms with Crippen LogP contribution in [0.25, 0.3) is 11.3 Å². The number of hydrogen-bond donors (Lipinski definition) is 0. The lowest BCUT2D eigenvalue weighted by atomic mass is 10.0. The van der Waals surface area contributed by atoms with Crippen molar-refractivity contribution in [2.75, 3.05) is 13.1 Å². The van der Waals surface area contributed by atoms with Gasteiger partial charge in [0.1, 0.15) is 12.1 Å². The fraction of sp³-hybridized carbons (Fsp3) is 0.278. The Morgan fingerprint density at radius 1 is 1.25 bits per heavy atom. The van der Waals surface area contributed by atoms with Crippen LogP contribution in [0, 0.1) is 6.92 Å². The monoisotopic (exact) mass is 339 g/mol. The van der Waals surface area contributed by atoms with E-state index in [2.05, 4.69) is 26.8 Å². The Labute approximate surface area is 144 Å². The van der Waals surface area contributed by atoms with Gasteiger partial charge in [0.05, 0.1) is 17.5 Å². The van der Waals surface area contributed by atoms with E-state index in [-0.39, 0.29) is 5.91 Å². The fourth-order valence-corrected chi connectivity index (χ4v) is 3.80. The molecule has 0 N–H and O–H groups in total. The molecule has 3 aromatic rings. The minimum absolute atomic E-state index is 0.0269. The maximum Gasteiger partial charge on any atom is 0.257 e. The number of rotatable bonds is 2. The van der Waals surface area contributed by atoms with E-state index in [1.54, 1.807) is 30.0 Å². The lowest BCUT2D eigenvalue weighted by molar-refractivity contribution is 0.0761. The summed E-state index contributed by atoms with van der Waals surface area (Å²) >= 11 is 1.66. The number of fused-ring (bicyclic) bond motifs is 1. The molecule has 6 heteroatoms. The largest absolute Gasteiger partial charge is 0.469 e. The van der Waals surface area contributed by atoms with E-state index in [0.29, 0.717) is 24.4 Å². The van der Waals surface area contributed by atoms with Crippen molar-refractivity contribution in [3.05, 3.63) is 58.1 Å². The van der Waals surface area contributed by atoms with Gasteiger partial charge in [0.2, 0.25) is 0 Å². The summed E-state index contributed by atoms with van der Waals surface area (Å²) < 4.78 is 5.27. The lowest BCUT2D eigenvalue weighted by Crippen LogP contribution is -2.33. The van der Waals surface area contributed by atoms with Gasteiger partial charge < -0.3 is 9.32 Å². The summed E-state index contributed by atoms with van der Waals surface area (Å²) in [5.41, 5.74) is 4.98. The van der Waals surface area contributed by atoms with E-state index >= 15 is 0 Å². The molecule has 1 aliphatic heterocycles. The SMILES string of the molecule is Cc1occc1C(=O)N1CCc2ncnc(-c3ccsc3)c2CC1. The molecule has 0 radical (unpaired) electrons. The summed E-state index contributed by atoms with van der Waals surface area (Å²) in [4.78, 5) is 23.6. The predicted octanol–water partition coefficient (Wildman–Crippen LogP) is 3.35. The standard InChI is InChI=1S/C18H17N3O2S/c1-12-14(4-8-23-12)18(22)21-6-2-15-16(3-7-21)19-11-20-17(15)13-5-9-24-10-13/h4-5,8-11H,2-3,6-7H2,1H3. The van der Waals surface area contributed by atoms with Crippen LogP contribution in [-0.2, 0) is 12.8 Å². The van der Waals surface area contributed by atoms with Crippen molar-refractivity contribution in [1.82, 2.24) is 14.9 Å². The summed E-state index contributed by atoms with van der Waals surface area (Å²) in [6.45, 7) is 3.15. The van der Waals surface area contributed by atoms with E-state index < -0.39 is 0 Å². The highest BCUT2D eigenvalue weighted by Gasteiger charge is 2.24. The Bertz CT molecular complexity index is 870. The molecule has 0 bridgehead atoms. The number of carbonyl (C=O) groups is 1. The first-order valence-corrected chi connectivity index (χ1v) is 8.87. The van der Waals surface area contributed by atoms with Crippen molar-refractivity contribution in [2.24, 2.45) is 0 Å². The summed E-state index contributed by atoms with van der Waals surface area (Å²) in [5, 5.41) is 4.16. The highest BCUT2D eigenvalue weighted by molar-refractivity contribution is 7.08. The van der Waals surface area contributed by atoms with E-state index in [1.807, 2.05) is 11.8 Å². The van der Waals surface area contributed by atoms with Crippen LogP contribution >= 0.6 is 11.3 Å². The van der Waals surface area contributed by atoms with Crippen molar-refractivity contribution in [3.8, 4) is 11.3 Å². The quantitative estimate of drug-likeness (QED) is 0.718. The van der Waals surface area contributed by atoms with Gasteiger partial charge in [-0.3, -0.25) is 4.79 Å². The molecule has 1 amide bonds. The van der Waals surface area contributed by atoms with Gasteiger partial charge in [0, 0.05) is 41.7 Å². The average molecular weight is 339 g/mol. The van der Waals surface area contributed by atoms with E-state index in [0.717, 1.165) is 35.4 Å². The molecule has 1 aliphatic rings. The van der Waals surface area contributed by atoms with Crippen molar-refractivity contribution in [1.29, 1.82) is 0 Å². The number of thiophene rings is 1. The van der Waals surface area contributed by atoms with Crippen molar-refractivity contribution < 1.29 is 9.21 Å². The minimum Gasteiger partial charge on any atom is -0.469 e. The molecule has 3 aromatic heterocycles. The first kappa shape index (κ1) is 15.1. The van der Waals surface area contributed by atoms with E-state index in [1.165, 1.54) is 0 Å². The molecule has 0 spiro atoms. The predicted molar refractivity (Wildman–Crippen MR) is 92.1 cm³/mol. The average Bonchev–Trinajstić information content (AvgIpc) is 3.21. The summed E-state index contributed by atoms with van der Waals surface area (Å²) in [5.74, 6) is 0.694. The third-order valence-electron chi connectivity index (χ3n) is 4.46.